The van der Waals surface area contributed by atoms with E-state index < -0.39 is 0 Å². The van der Waals surface area contributed by atoms with Gasteiger partial charge in [0, 0.05) is 25.5 Å². The molecular formula is C21H29N5O. The molecule has 3 heterocycles. The molecule has 6 nitrogen and oxygen atoms in total. The average molecular weight is 367 g/mol. The zero-order valence-electron chi connectivity index (χ0n) is 15.8. The Morgan fingerprint density at radius 1 is 0.926 bits per heavy atom. The summed E-state index contributed by atoms with van der Waals surface area (Å²) in [5.41, 5.74) is 1.76. The van der Waals surface area contributed by atoms with Gasteiger partial charge in [-0.2, -0.15) is 4.98 Å². The zero-order chi connectivity index (χ0) is 18.7. The standard InChI is InChI=1S/C21H29N5O/c27-17-10-4-2-1-3-7-15-24-21-25-16-18(19-12-6-9-13-22-19)20(26-21)23-14-8-5-11-17/h1,3,6,9,12-13,16-17,27H,2,4-5,7-8,10-11,14-15H2,(H2,23,24,25,26)/b3-1-. The van der Waals surface area contributed by atoms with E-state index in [0.717, 1.165) is 75.1 Å². The van der Waals surface area contributed by atoms with Gasteiger partial charge in [0.2, 0.25) is 5.95 Å². The van der Waals surface area contributed by atoms with Crippen molar-refractivity contribution in [3.05, 3.63) is 42.7 Å². The van der Waals surface area contributed by atoms with Crippen LogP contribution < -0.4 is 10.6 Å². The topological polar surface area (TPSA) is 83.0 Å². The van der Waals surface area contributed by atoms with Gasteiger partial charge in [-0.1, -0.05) is 18.2 Å². The van der Waals surface area contributed by atoms with Crippen LogP contribution in [-0.2, 0) is 0 Å². The fraction of sp³-hybridized carbons (Fsp3) is 0.476. The summed E-state index contributed by atoms with van der Waals surface area (Å²) >= 11 is 0. The molecular weight excluding hydrogens is 338 g/mol. The molecule has 3 rings (SSSR count). The van der Waals surface area contributed by atoms with Crippen molar-refractivity contribution >= 4 is 11.8 Å². The summed E-state index contributed by atoms with van der Waals surface area (Å²) in [5.74, 6) is 1.43. The predicted molar refractivity (Wildman–Crippen MR) is 110 cm³/mol. The molecule has 0 aromatic carbocycles. The van der Waals surface area contributed by atoms with Crippen LogP contribution in [0.4, 0.5) is 11.8 Å². The van der Waals surface area contributed by atoms with Gasteiger partial charge in [0.1, 0.15) is 5.82 Å². The van der Waals surface area contributed by atoms with Gasteiger partial charge in [0.15, 0.2) is 0 Å². The van der Waals surface area contributed by atoms with E-state index in [1.807, 2.05) is 24.4 Å². The Morgan fingerprint density at radius 2 is 1.81 bits per heavy atom. The molecule has 0 radical (unpaired) electrons. The number of hydrogen-bond donors (Lipinski definition) is 3. The molecule has 2 bridgehead atoms. The summed E-state index contributed by atoms with van der Waals surface area (Å²) in [6.07, 6.45) is 14.5. The van der Waals surface area contributed by atoms with Crippen LogP contribution in [0.1, 0.15) is 44.9 Å². The number of nitrogens with one attached hydrogen (secondary N) is 2. The highest BCUT2D eigenvalue weighted by Crippen LogP contribution is 2.25. The number of hydrogen-bond acceptors (Lipinski definition) is 6. The highest BCUT2D eigenvalue weighted by molar-refractivity contribution is 5.72. The lowest BCUT2D eigenvalue weighted by molar-refractivity contribution is 0.149. The molecule has 1 atom stereocenters. The first kappa shape index (κ1) is 19.3. The summed E-state index contributed by atoms with van der Waals surface area (Å²) in [4.78, 5) is 13.5. The number of aromatic nitrogens is 3. The zero-order valence-corrected chi connectivity index (χ0v) is 15.8. The molecule has 1 aliphatic heterocycles. The molecule has 3 N–H and O–H groups in total. The van der Waals surface area contributed by atoms with Crippen molar-refractivity contribution in [2.75, 3.05) is 23.7 Å². The van der Waals surface area contributed by atoms with Crippen LogP contribution in [0.3, 0.4) is 0 Å². The Balaban J connectivity index is 1.74. The van der Waals surface area contributed by atoms with Crippen LogP contribution in [0.5, 0.6) is 0 Å². The van der Waals surface area contributed by atoms with E-state index in [9.17, 15) is 5.11 Å². The number of anilines is 2. The number of pyridine rings is 1. The van der Waals surface area contributed by atoms with Crippen molar-refractivity contribution in [2.45, 2.75) is 51.0 Å². The fourth-order valence-corrected chi connectivity index (χ4v) is 3.14. The smallest absolute Gasteiger partial charge is 0.224 e. The molecule has 1 aliphatic rings. The third kappa shape index (κ3) is 6.32. The van der Waals surface area contributed by atoms with Gasteiger partial charge in [-0.3, -0.25) is 4.98 Å². The SMILES string of the molecule is OC1CCC/C=C\CCNc2ncc(-c3ccccn3)c(n2)NCCCC1. The Labute approximate surface area is 161 Å². The molecule has 2 aromatic heterocycles. The van der Waals surface area contributed by atoms with E-state index in [-0.39, 0.29) is 6.10 Å². The minimum Gasteiger partial charge on any atom is -0.393 e. The average Bonchev–Trinajstić information content (AvgIpc) is 2.70. The summed E-state index contributed by atoms with van der Waals surface area (Å²) in [5, 5.41) is 16.8. The Morgan fingerprint density at radius 3 is 2.70 bits per heavy atom. The van der Waals surface area contributed by atoms with Crippen molar-refractivity contribution in [1.29, 1.82) is 0 Å². The maximum atomic E-state index is 10.1. The van der Waals surface area contributed by atoms with Crippen molar-refractivity contribution < 1.29 is 5.11 Å². The molecule has 144 valence electrons. The van der Waals surface area contributed by atoms with Crippen LogP contribution in [0.15, 0.2) is 42.7 Å². The van der Waals surface area contributed by atoms with Crippen molar-refractivity contribution in [2.24, 2.45) is 0 Å². The highest BCUT2D eigenvalue weighted by atomic mass is 16.3. The molecule has 0 saturated carbocycles. The quantitative estimate of drug-likeness (QED) is 0.660. The molecule has 2 aromatic rings. The third-order valence-corrected chi connectivity index (χ3v) is 4.66. The third-order valence-electron chi connectivity index (χ3n) is 4.66. The maximum Gasteiger partial charge on any atom is 0.224 e. The van der Waals surface area contributed by atoms with E-state index in [0.29, 0.717) is 5.95 Å². The van der Waals surface area contributed by atoms with Crippen LogP contribution in [0, 0.1) is 0 Å². The van der Waals surface area contributed by atoms with E-state index in [4.69, 9.17) is 0 Å². The Kier molecular flexibility index (Phi) is 7.59. The molecule has 0 saturated heterocycles. The maximum absolute atomic E-state index is 10.1. The lowest BCUT2D eigenvalue weighted by Crippen LogP contribution is -2.11. The van der Waals surface area contributed by atoms with E-state index in [1.165, 1.54) is 0 Å². The minimum atomic E-state index is -0.189. The van der Waals surface area contributed by atoms with Crippen LogP contribution in [0.2, 0.25) is 0 Å². The summed E-state index contributed by atoms with van der Waals surface area (Å²) in [7, 11) is 0. The fourth-order valence-electron chi connectivity index (χ4n) is 3.14. The molecule has 0 aliphatic carbocycles. The molecule has 0 amide bonds. The highest BCUT2D eigenvalue weighted by Gasteiger charge is 2.10. The largest absolute Gasteiger partial charge is 0.393 e. The minimum absolute atomic E-state index is 0.189. The Hall–Kier alpha value is -2.47. The van der Waals surface area contributed by atoms with Crippen LogP contribution >= 0.6 is 0 Å². The van der Waals surface area contributed by atoms with Crippen molar-refractivity contribution in [3.63, 3.8) is 0 Å². The van der Waals surface area contributed by atoms with Crippen LogP contribution in [-0.4, -0.2) is 39.3 Å². The van der Waals surface area contributed by atoms with Gasteiger partial charge >= 0.3 is 0 Å². The number of allylic oxidation sites excluding steroid dienone is 1. The first-order valence-electron chi connectivity index (χ1n) is 9.92. The number of aliphatic hydroxyl groups excluding tert-OH is 1. The molecule has 1 unspecified atom stereocenters. The molecule has 6 heteroatoms. The monoisotopic (exact) mass is 367 g/mol. The number of nitrogens with zero attached hydrogens (tertiary/aromatic N) is 3. The number of fused-ring (bicyclic) bond motifs is 2. The first-order chi connectivity index (χ1) is 13.3. The second-order valence-electron chi connectivity index (χ2n) is 6.87. The van der Waals surface area contributed by atoms with Crippen LogP contribution in [0.25, 0.3) is 11.3 Å². The normalized spacial score (nSPS) is 20.7. The lowest BCUT2D eigenvalue weighted by atomic mass is 10.1. The second-order valence-corrected chi connectivity index (χ2v) is 6.87. The predicted octanol–water partition coefficient (Wildman–Crippen LogP) is 4.02. The van der Waals surface area contributed by atoms with Gasteiger partial charge < -0.3 is 15.7 Å². The summed E-state index contributed by atoms with van der Waals surface area (Å²) < 4.78 is 0. The molecule has 27 heavy (non-hydrogen) atoms. The van der Waals surface area contributed by atoms with Crippen molar-refractivity contribution in [1.82, 2.24) is 15.0 Å². The first-order valence-corrected chi connectivity index (χ1v) is 9.92. The van der Waals surface area contributed by atoms with Gasteiger partial charge in [0.25, 0.3) is 0 Å². The van der Waals surface area contributed by atoms with Gasteiger partial charge in [-0.15, -0.1) is 0 Å². The summed E-state index contributed by atoms with van der Waals surface area (Å²) in [6.45, 7) is 1.60. The second kappa shape index (κ2) is 10.6. The van der Waals surface area contributed by atoms with E-state index in [1.54, 1.807) is 6.20 Å². The molecule has 0 spiro atoms. The number of aliphatic hydroxyl groups is 1. The lowest BCUT2D eigenvalue weighted by Gasteiger charge is -2.13. The van der Waals surface area contributed by atoms with E-state index >= 15 is 0 Å². The van der Waals surface area contributed by atoms with Gasteiger partial charge in [-0.05, 0) is 57.1 Å². The van der Waals surface area contributed by atoms with Crippen molar-refractivity contribution in [3.8, 4) is 11.3 Å². The molecule has 0 fully saturated rings. The summed E-state index contributed by atoms with van der Waals surface area (Å²) in [6, 6.07) is 5.83. The van der Waals surface area contributed by atoms with Gasteiger partial charge in [-0.25, -0.2) is 4.98 Å². The number of rotatable bonds is 1. The van der Waals surface area contributed by atoms with E-state index in [2.05, 4.69) is 37.7 Å². The van der Waals surface area contributed by atoms with Gasteiger partial charge in [0.05, 0.1) is 17.4 Å². The Bertz CT molecular complexity index is 720.